The van der Waals surface area contributed by atoms with Gasteiger partial charge in [0.25, 0.3) is 0 Å². The quantitative estimate of drug-likeness (QED) is 0.502. The first-order valence-electron chi connectivity index (χ1n) is 5.64. The van der Waals surface area contributed by atoms with E-state index in [9.17, 15) is 4.39 Å². The predicted octanol–water partition coefficient (Wildman–Crippen LogP) is 2.02. The summed E-state index contributed by atoms with van der Waals surface area (Å²) < 4.78 is 13.6. The van der Waals surface area contributed by atoms with E-state index in [-0.39, 0.29) is 28.2 Å². The Morgan fingerprint density at radius 1 is 1.45 bits per heavy atom. The van der Waals surface area contributed by atoms with Gasteiger partial charge in [0.15, 0.2) is 0 Å². The fraction of sp³-hybridized carbons (Fsp3) is 0.167. The fourth-order valence-electron chi connectivity index (χ4n) is 1.60. The van der Waals surface area contributed by atoms with Gasteiger partial charge in [0, 0.05) is 13.2 Å². The van der Waals surface area contributed by atoms with Crippen molar-refractivity contribution in [1.29, 1.82) is 5.41 Å². The number of hydrogen-bond acceptors (Lipinski definition) is 5. The Labute approximate surface area is 119 Å². The normalized spacial score (nSPS) is 10.4. The summed E-state index contributed by atoms with van der Waals surface area (Å²) in [5.74, 6) is -0.0759. The Morgan fingerprint density at radius 3 is 2.80 bits per heavy atom. The molecule has 0 fully saturated rings. The number of aromatic nitrogens is 3. The number of pyridine rings is 1. The van der Waals surface area contributed by atoms with Crippen LogP contribution in [0.4, 0.5) is 16.0 Å². The molecule has 2 heterocycles. The molecule has 6 nitrogen and oxygen atoms in total. The summed E-state index contributed by atoms with van der Waals surface area (Å²) in [6.07, 6.45) is 1.46. The average Bonchev–Trinajstić information content (AvgIpc) is 2.41. The molecule has 0 spiro atoms. The number of nitrogens with two attached hydrogens (primary N) is 1. The van der Waals surface area contributed by atoms with Crippen molar-refractivity contribution in [1.82, 2.24) is 15.0 Å². The van der Waals surface area contributed by atoms with E-state index >= 15 is 0 Å². The third-order valence-corrected chi connectivity index (χ3v) is 2.91. The van der Waals surface area contributed by atoms with Gasteiger partial charge in [0.1, 0.15) is 23.3 Å². The lowest BCUT2D eigenvalue weighted by Crippen LogP contribution is -2.28. The Morgan fingerprint density at radius 2 is 2.15 bits per heavy atom. The highest BCUT2D eigenvalue weighted by molar-refractivity contribution is 6.28. The Hall–Kier alpha value is -2.28. The van der Waals surface area contributed by atoms with Gasteiger partial charge >= 0.3 is 0 Å². The first kappa shape index (κ1) is 14.1. The zero-order valence-electron chi connectivity index (χ0n) is 10.9. The molecule has 0 aromatic carbocycles. The van der Waals surface area contributed by atoms with Crippen LogP contribution in [0.2, 0.25) is 5.28 Å². The zero-order valence-corrected chi connectivity index (χ0v) is 11.6. The Kier molecular flexibility index (Phi) is 3.80. The first-order chi connectivity index (χ1) is 9.40. The van der Waals surface area contributed by atoms with Crippen LogP contribution in [-0.2, 0) is 0 Å². The van der Waals surface area contributed by atoms with E-state index in [2.05, 4.69) is 15.0 Å². The van der Waals surface area contributed by atoms with E-state index in [0.29, 0.717) is 5.82 Å². The van der Waals surface area contributed by atoms with Crippen molar-refractivity contribution in [2.24, 2.45) is 0 Å². The molecule has 3 N–H and O–H groups in total. The van der Waals surface area contributed by atoms with Crippen LogP contribution >= 0.6 is 11.6 Å². The summed E-state index contributed by atoms with van der Waals surface area (Å²) in [6, 6.07) is 2.76. The van der Waals surface area contributed by atoms with E-state index in [1.807, 2.05) is 0 Å². The molecule has 0 bridgehead atoms. The minimum Gasteiger partial charge on any atom is -0.383 e. The standard InChI is InChI=1S/C12H12ClFN6/c1-6-8(14)5-7(10(15)18-6)11(16)20(2)9-3-4-17-12(13)19-9/h3-5,16H,1-2H3,(H2,15,18). The second kappa shape index (κ2) is 5.38. The van der Waals surface area contributed by atoms with Crippen molar-refractivity contribution in [3.63, 3.8) is 0 Å². The van der Waals surface area contributed by atoms with Crippen molar-refractivity contribution in [3.05, 3.63) is 40.7 Å². The van der Waals surface area contributed by atoms with Gasteiger partial charge in [-0.2, -0.15) is 0 Å². The Balaban J connectivity index is 2.39. The minimum absolute atomic E-state index is 0.0383. The summed E-state index contributed by atoms with van der Waals surface area (Å²) in [7, 11) is 1.60. The molecule has 0 aliphatic rings. The third kappa shape index (κ3) is 2.67. The van der Waals surface area contributed by atoms with Gasteiger partial charge < -0.3 is 10.6 Å². The largest absolute Gasteiger partial charge is 0.383 e. The number of hydrogen-bond donors (Lipinski definition) is 2. The first-order valence-corrected chi connectivity index (χ1v) is 6.01. The molecule has 0 amide bonds. The molecule has 0 aliphatic carbocycles. The van der Waals surface area contributed by atoms with Gasteiger partial charge in [-0.05, 0) is 30.7 Å². The molecule has 8 heteroatoms. The summed E-state index contributed by atoms with van der Waals surface area (Å²) in [6.45, 7) is 1.51. The molecule has 0 atom stereocenters. The molecule has 104 valence electrons. The maximum atomic E-state index is 13.6. The van der Waals surface area contributed by atoms with Crippen LogP contribution in [0.5, 0.6) is 0 Å². The number of amidine groups is 1. The zero-order chi connectivity index (χ0) is 14.9. The topological polar surface area (TPSA) is 91.8 Å². The maximum Gasteiger partial charge on any atom is 0.224 e. The van der Waals surface area contributed by atoms with Crippen LogP contribution < -0.4 is 10.6 Å². The molecule has 0 saturated carbocycles. The SMILES string of the molecule is Cc1nc(N)c(C(=N)N(C)c2ccnc(Cl)n2)cc1F. The molecule has 2 rings (SSSR count). The molecule has 0 aliphatic heterocycles. The van der Waals surface area contributed by atoms with Crippen molar-refractivity contribution in [2.45, 2.75) is 6.92 Å². The second-order valence-corrected chi connectivity index (χ2v) is 4.42. The molecular weight excluding hydrogens is 283 g/mol. The van der Waals surface area contributed by atoms with E-state index < -0.39 is 5.82 Å². The van der Waals surface area contributed by atoms with Crippen LogP contribution in [0.25, 0.3) is 0 Å². The molecule has 0 unspecified atom stereocenters. The third-order valence-electron chi connectivity index (χ3n) is 2.73. The maximum absolute atomic E-state index is 13.6. The average molecular weight is 295 g/mol. The Bertz CT molecular complexity index is 675. The number of aryl methyl sites for hydroxylation is 1. The smallest absolute Gasteiger partial charge is 0.224 e. The van der Waals surface area contributed by atoms with Gasteiger partial charge in [-0.1, -0.05) is 0 Å². The van der Waals surface area contributed by atoms with Crippen molar-refractivity contribution in [3.8, 4) is 0 Å². The lowest BCUT2D eigenvalue weighted by Gasteiger charge is -2.20. The summed E-state index contributed by atoms with van der Waals surface area (Å²) >= 11 is 5.70. The van der Waals surface area contributed by atoms with E-state index in [0.717, 1.165) is 0 Å². The monoisotopic (exact) mass is 294 g/mol. The summed E-state index contributed by atoms with van der Waals surface area (Å²) in [5, 5.41) is 8.15. The van der Waals surface area contributed by atoms with Crippen molar-refractivity contribution in [2.75, 3.05) is 17.7 Å². The van der Waals surface area contributed by atoms with Crippen LogP contribution in [-0.4, -0.2) is 27.8 Å². The number of nitrogen functional groups attached to an aromatic ring is 1. The number of nitrogens with one attached hydrogen (secondary N) is 1. The van der Waals surface area contributed by atoms with E-state index in [1.54, 1.807) is 13.1 Å². The number of anilines is 2. The molecule has 0 radical (unpaired) electrons. The predicted molar refractivity (Wildman–Crippen MR) is 75.6 cm³/mol. The molecule has 2 aromatic heterocycles. The minimum atomic E-state index is -0.520. The van der Waals surface area contributed by atoms with Gasteiger partial charge in [-0.25, -0.2) is 19.3 Å². The summed E-state index contributed by atoms with van der Waals surface area (Å²) in [4.78, 5) is 13.0. The van der Waals surface area contributed by atoms with Gasteiger partial charge in [-0.15, -0.1) is 0 Å². The summed E-state index contributed by atoms with van der Waals surface area (Å²) in [5.41, 5.74) is 6.11. The molecule has 2 aromatic rings. The lowest BCUT2D eigenvalue weighted by atomic mass is 10.2. The number of nitrogens with zero attached hydrogens (tertiary/aromatic N) is 4. The number of rotatable bonds is 2. The highest BCUT2D eigenvalue weighted by atomic mass is 35.5. The fourth-order valence-corrected chi connectivity index (χ4v) is 1.74. The van der Waals surface area contributed by atoms with E-state index in [1.165, 1.54) is 24.1 Å². The van der Waals surface area contributed by atoms with Crippen molar-refractivity contribution < 1.29 is 4.39 Å². The highest BCUT2D eigenvalue weighted by Crippen LogP contribution is 2.19. The van der Waals surface area contributed by atoms with E-state index in [4.69, 9.17) is 22.7 Å². The van der Waals surface area contributed by atoms with Gasteiger partial charge in [0.2, 0.25) is 5.28 Å². The van der Waals surface area contributed by atoms with Crippen LogP contribution in [0.1, 0.15) is 11.3 Å². The highest BCUT2D eigenvalue weighted by Gasteiger charge is 2.16. The van der Waals surface area contributed by atoms with Gasteiger partial charge in [-0.3, -0.25) is 5.41 Å². The molecule has 0 saturated heterocycles. The number of halogens is 2. The second-order valence-electron chi connectivity index (χ2n) is 4.08. The molecule has 20 heavy (non-hydrogen) atoms. The van der Waals surface area contributed by atoms with Crippen LogP contribution in [0.15, 0.2) is 18.3 Å². The van der Waals surface area contributed by atoms with Crippen molar-refractivity contribution >= 4 is 29.1 Å². The molecular formula is C12H12ClFN6. The van der Waals surface area contributed by atoms with Gasteiger partial charge in [0.05, 0.1) is 11.3 Å². The lowest BCUT2D eigenvalue weighted by molar-refractivity contribution is 0.610. The van der Waals surface area contributed by atoms with Crippen LogP contribution in [0, 0.1) is 18.2 Å². The van der Waals surface area contributed by atoms with Crippen LogP contribution in [0.3, 0.4) is 0 Å².